The van der Waals surface area contributed by atoms with Crippen LogP contribution in [0.4, 0.5) is 0 Å². The van der Waals surface area contributed by atoms with Crippen LogP contribution in [0.1, 0.15) is 11.3 Å². The van der Waals surface area contributed by atoms with Gasteiger partial charge in [0, 0.05) is 36.1 Å². The molecule has 0 fully saturated rings. The lowest BCUT2D eigenvalue weighted by atomic mass is 10.1. The molecule has 0 aliphatic heterocycles. The van der Waals surface area contributed by atoms with Crippen molar-refractivity contribution in [3.05, 3.63) is 53.3 Å². The van der Waals surface area contributed by atoms with Crippen molar-refractivity contribution < 1.29 is 0 Å². The lowest BCUT2D eigenvalue weighted by Crippen LogP contribution is -1.95. The first-order valence-electron chi connectivity index (χ1n) is 7.21. The molecule has 7 heteroatoms. The van der Waals surface area contributed by atoms with Crippen LogP contribution in [0.2, 0.25) is 0 Å². The fraction of sp³-hybridized carbons (Fsp3) is 0.188. The number of fused-ring (bicyclic) bond motifs is 1. The van der Waals surface area contributed by atoms with E-state index in [2.05, 4.69) is 57.0 Å². The Morgan fingerprint density at radius 3 is 2.78 bits per heavy atom. The molecular formula is C16H15N5S2. The summed E-state index contributed by atoms with van der Waals surface area (Å²) < 4.78 is 4.09. The van der Waals surface area contributed by atoms with E-state index in [4.69, 9.17) is 0 Å². The molecule has 1 aromatic carbocycles. The molecule has 5 nitrogen and oxygen atoms in total. The summed E-state index contributed by atoms with van der Waals surface area (Å²) in [7, 11) is 2.00. The van der Waals surface area contributed by atoms with Crippen molar-refractivity contribution in [1.82, 2.24) is 24.1 Å². The Bertz CT molecular complexity index is 920. The molecule has 0 atom stereocenters. The van der Waals surface area contributed by atoms with Crippen LogP contribution in [0.25, 0.3) is 16.3 Å². The maximum absolute atomic E-state index is 4.60. The molecule has 0 amide bonds. The number of aryl methyl sites for hydroxylation is 1. The van der Waals surface area contributed by atoms with E-state index in [1.807, 2.05) is 23.2 Å². The minimum absolute atomic E-state index is 0.786. The average molecular weight is 341 g/mol. The summed E-state index contributed by atoms with van der Waals surface area (Å²) in [4.78, 5) is 5.62. The summed E-state index contributed by atoms with van der Waals surface area (Å²) in [5.74, 6) is 1.67. The second-order valence-electron chi connectivity index (χ2n) is 5.34. The zero-order valence-corrected chi connectivity index (χ0v) is 14.4. The summed E-state index contributed by atoms with van der Waals surface area (Å²) in [5, 5.41) is 11.6. The third-order valence-electron chi connectivity index (χ3n) is 3.64. The summed E-state index contributed by atoms with van der Waals surface area (Å²) in [6, 6.07) is 8.35. The molecule has 0 aliphatic rings. The van der Waals surface area contributed by atoms with Gasteiger partial charge in [-0.15, -0.1) is 21.5 Å². The SMILES string of the molecule is Cc1ccc(-c2nnc(SCc3cn4ccsc4n3)n2C)cc1. The first-order valence-corrected chi connectivity index (χ1v) is 9.07. The topological polar surface area (TPSA) is 48.0 Å². The van der Waals surface area contributed by atoms with E-state index in [0.29, 0.717) is 0 Å². The lowest BCUT2D eigenvalue weighted by molar-refractivity contribution is 0.793. The molecule has 0 unspecified atom stereocenters. The maximum Gasteiger partial charge on any atom is 0.193 e. The van der Waals surface area contributed by atoms with Crippen LogP contribution in [-0.4, -0.2) is 24.1 Å². The smallest absolute Gasteiger partial charge is 0.193 e. The standard InChI is InChI=1S/C16H15N5S2/c1-11-3-5-12(6-4-11)14-18-19-16(20(14)2)23-10-13-9-21-7-8-22-15(21)17-13/h3-9H,10H2,1-2H3. The quantitative estimate of drug-likeness (QED) is 0.530. The molecule has 23 heavy (non-hydrogen) atoms. The van der Waals surface area contributed by atoms with Crippen LogP contribution in [-0.2, 0) is 12.8 Å². The molecule has 116 valence electrons. The van der Waals surface area contributed by atoms with Gasteiger partial charge in [-0.25, -0.2) is 4.98 Å². The molecule has 4 rings (SSSR count). The number of imidazole rings is 1. The Hall–Kier alpha value is -2.12. The van der Waals surface area contributed by atoms with Gasteiger partial charge in [0.15, 0.2) is 15.9 Å². The molecule has 4 aromatic rings. The van der Waals surface area contributed by atoms with Gasteiger partial charge in [0.1, 0.15) is 0 Å². The number of thioether (sulfide) groups is 1. The minimum atomic E-state index is 0.786. The van der Waals surface area contributed by atoms with Gasteiger partial charge >= 0.3 is 0 Å². The molecule has 3 heterocycles. The number of thiazole rings is 1. The van der Waals surface area contributed by atoms with Crippen molar-refractivity contribution in [2.24, 2.45) is 7.05 Å². The van der Waals surface area contributed by atoms with E-state index in [0.717, 1.165) is 33.0 Å². The normalized spacial score (nSPS) is 11.4. The number of rotatable bonds is 4. The number of hydrogen-bond donors (Lipinski definition) is 0. The second kappa shape index (κ2) is 5.82. The minimum Gasteiger partial charge on any atom is -0.305 e. The van der Waals surface area contributed by atoms with Gasteiger partial charge in [0.2, 0.25) is 0 Å². The molecule has 0 radical (unpaired) electrons. The molecule has 0 bridgehead atoms. The van der Waals surface area contributed by atoms with Crippen molar-refractivity contribution in [2.75, 3.05) is 0 Å². The van der Waals surface area contributed by atoms with Crippen LogP contribution in [0.15, 0.2) is 47.2 Å². The van der Waals surface area contributed by atoms with Crippen molar-refractivity contribution in [1.29, 1.82) is 0 Å². The van der Waals surface area contributed by atoms with Crippen LogP contribution in [0.5, 0.6) is 0 Å². The van der Waals surface area contributed by atoms with E-state index < -0.39 is 0 Å². The Morgan fingerprint density at radius 1 is 1.17 bits per heavy atom. The molecule has 0 saturated heterocycles. The highest BCUT2D eigenvalue weighted by atomic mass is 32.2. The van der Waals surface area contributed by atoms with Gasteiger partial charge < -0.3 is 4.57 Å². The monoisotopic (exact) mass is 341 g/mol. The van der Waals surface area contributed by atoms with E-state index in [1.54, 1.807) is 23.1 Å². The van der Waals surface area contributed by atoms with Crippen LogP contribution >= 0.6 is 23.1 Å². The molecule has 0 aliphatic carbocycles. The summed E-state index contributed by atoms with van der Waals surface area (Å²) in [6.45, 7) is 2.08. The number of nitrogens with zero attached hydrogens (tertiary/aromatic N) is 5. The number of hydrogen-bond acceptors (Lipinski definition) is 5. The van der Waals surface area contributed by atoms with E-state index in [-0.39, 0.29) is 0 Å². The number of benzene rings is 1. The summed E-state index contributed by atoms with van der Waals surface area (Å²) >= 11 is 3.30. The molecule has 0 spiro atoms. The Kier molecular flexibility index (Phi) is 3.66. The Labute approximate surface area is 142 Å². The predicted molar refractivity (Wildman–Crippen MR) is 93.8 cm³/mol. The van der Waals surface area contributed by atoms with Crippen molar-refractivity contribution >= 4 is 28.1 Å². The summed E-state index contributed by atoms with van der Waals surface area (Å²) in [6.07, 6.45) is 4.09. The average Bonchev–Trinajstić information content (AvgIpc) is 3.21. The molecule has 0 saturated carbocycles. The van der Waals surface area contributed by atoms with Crippen LogP contribution in [0.3, 0.4) is 0 Å². The lowest BCUT2D eigenvalue weighted by Gasteiger charge is -2.03. The van der Waals surface area contributed by atoms with Crippen molar-refractivity contribution in [3.8, 4) is 11.4 Å². The third kappa shape index (κ3) is 2.77. The third-order valence-corrected chi connectivity index (χ3v) is 5.46. The highest BCUT2D eigenvalue weighted by Crippen LogP contribution is 2.25. The first kappa shape index (κ1) is 14.5. The van der Waals surface area contributed by atoms with Crippen LogP contribution < -0.4 is 0 Å². The largest absolute Gasteiger partial charge is 0.305 e. The van der Waals surface area contributed by atoms with Gasteiger partial charge in [-0.05, 0) is 6.92 Å². The van der Waals surface area contributed by atoms with Gasteiger partial charge in [-0.1, -0.05) is 41.6 Å². The number of aromatic nitrogens is 5. The van der Waals surface area contributed by atoms with E-state index in [9.17, 15) is 0 Å². The molecule has 0 N–H and O–H groups in total. The predicted octanol–water partition coefficient (Wildman–Crippen LogP) is 3.79. The van der Waals surface area contributed by atoms with Crippen molar-refractivity contribution in [3.63, 3.8) is 0 Å². The fourth-order valence-electron chi connectivity index (χ4n) is 2.38. The zero-order valence-electron chi connectivity index (χ0n) is 12.8. The van der Waals surface area contributed by atoms with Gasteiger partial charge in [-0.3, -0.25) is 4.40 Å². The highest BCUT2D eigenvalue weighted by molar-refractivity contribution is 7.98. The maximum atomic E-state index is 4.60. The zero-order chi connectivity index (χ0) is 15.8. The van der Waals surface area contributed by atoms with Crippen LogP contribution in [0, 0.1) is 6.92 Å². The second-order valence-corrected chi connectivity index (χ2v) is 7.16. The van der Waals surface area contributed by atoms with Gasteiger partial charge in [0.05, 0.1) is 5.69 Å². The molecule has 3 aromatic heterocycles. The first-order chi connectivity index (χ1) is 11.2. The van der Waals surface area contributed by atoms with E-state index in [1.165, 1.54) is 5.56 Å². The molecular weight excluding hydrogens is 326 g/mol. The highest BCUT2D eigenvalue weighted by Gasteiger charge is 2.12. The summed E-state index contributed by atoms with van der Waals surface area (Å²) in [5.41, 5.74) is 3.38. The van der Waals surface area contributed by atoms with Crippen molar-refractivity contribution in [2.45, 2.75) is 17.8 Å². The Balaban J connectivity index is 1.53. The van der Waals surface area contributed by atoms with Gasteiger partial charge in [0.25, 0.3) is 0 Å². The van der Waals surface area contributed by atoms with Gasteiger partial charge in [-0.2, -0.15) is 0 Å². The fourth-order valence-corrected chi connectivity index (χ4v) is 3.89. The van der Waals surface area contributed by atoms with E-state index >= 15 is 0 Å². The Morgan fingerprint density at radius 2 is 2.00 bits per heavy atom.